The van der Waals surface area contributed by atoms with Crippen molar-refractivity contribution in [2.45, 2.75) is 38.3 Å². The van der Waals surface area contributed by atoms with Crippen molar-refractivity contribution in [3.63, 3.8) is 0 Å². The number of rotatable bonds is 2. The molecule has 1 aromatic carbocycles. The quantitative estimate of drug-likeness (QED) is 0.797. The Labute approximate surface area is 163 Å². The fraction of sp³-hybridized carbons (Fsp3) is 0.524. The number of piperidine rings is 3. The molecule has 3 atom stereocenters. The van der Waals surface area contributed by atoms with Crippen molar-refractivity contribution in [1.29, 1.82) is 0 Å². The van der Waals surface area contributed by atoms with Crippen LogP contribution >= 0.6 is 11.6 Å². The lowest BCUT2D eigenvalue weighted by Gasteiger charge is -2.52. The van der Waals surface area contributed by atoms with Gasteiger partial charge in [0.1, 0.15) is 6.54 Å². The van der Waals surface area contributed by atoms with Crippen LogP contribution in [0.3, 0.4) is 0 Å². The van der Waals surface area contributed by atoms with E-state index in [9.17, 15) is 9.59 Å². The molecule has 2 aromatic rings. The van der Waals surface area contributed by atoms with Crippen molar-refractivity contribution < 1.29 is 9.59 Å². The molecule has 6 heteroatoms. The van der Waals surface area contributed by atoms with Crippen LogP contribution in [0.2, 0.25) is 5.02 Å². The van der Waals surface area contributed by atoms with E-state index in [1.807, 2.05) is 39.9 Å². The van der Waals surface area contributed by atoms with Gasteiger partial charge in [0.15, 0.2) is 0 Å². The SMILES string of the molecule is O=C(Cn1ccc2ccc(Cl)cc21)N1CC2CC(C1)C1CCCC(=O)N1C2. The number of likely N-dealkylation sites (tertiary alicyclic amines) is 1. The number of amides is 2. The summed E-state index contributed by atoms with van der Waals surface area (Å²) in [6.45, 7) is 2.72. The van der Waals surface area contributed by atoms with Gasteiger partial charge in [-0.05, 0) is 54.7 Å². The predicted molar refractivity (Wildman–Crippen MR) is 104 cm³/mol. The van der Waals surface area contributed by atoms with Crippen LogP contribution in [0.5, 0.6) is 0 Å². The highest BCUT2D eigenvalue weighted by molar-refractivity contribution is 6.31. The molecule has 0 aliphatic carbocycles. The van der Waals surface area contributed by atoms with Gasteiger partial charge in [-0.15, -0.1) is 0 Å². The van der Waals surface area contributed by atoms with Crippen molar-refractivity contribution in [2.75, 3.05) is 19.6 Å². The minimum atomic E-state index is 0.165. The smallest absolute Gasteiger partial charge is 0.242 e. The minimum Gasteiger partial charge on any atom is -0.340 e. The van der Waals surface area contributed by atoms with Gasteiger partial charge in [0.25, 0.3) is 0 Å². The van der Waals surface area contributed by atoms with E-state index in [0.29, 0.717) is 41.8 Å². The summed E-state index contributed by atoms with van der Waals surface area (Å²) in [5.41, 5.74) is 0.997. The van der Waals surface area contributed by atoms with Crippen molar-refractivity contribution in [1.82, 2.24) is 14.4 Å². The van der Waals surface area contributed by atoms with Crippen LogP contribution in [0.25, 0.3) is 10.9 Å². The fourth-order valence-corrected chi connectivity index (χ4v) is 5.52. The van der Waals surface area contributed by atoms with E-state index >= 15 is 0 Å². The van der Waals surface area contributed by atoms with Gasteiger partial charge in [0.05, 0.1) is 0 Å². The van der Waals surface area contributed by atoms with Gasteiger partial charge in [-0.1, -0.05) is 17.7 Å². The minimum absolute atomic E-state index is 0.165. The second-order valence-electron chi connectivity index (χ2n) is 8.31. The zero-order chi connectivity index (χ0) is 18.5. The Morgan fingerprint density at radius 1 is 1.19 bits per heavy atom. The van der Waals surface area contributed by atoms with Crippen molar-refractivity contribution in [3.05, 3.63) is 35.5 Å². The third-order valence-corrected chi connectivity index (χ3v) is 6.81. The fourth-order valence-electron chi connectivity index (χ4n) is 5.35. The first-order valence-corrected chi connectivity index (χ1v) is 10.3. The molecule has 0 saturated carbocycles. The third kappa shape index (κ3) is 3.02. The van der Waals surface area contributed by atoms with Crippen LogP contribution in [0.15, 0.2) is 30.5 Å². The molecule has 1 aromatic heterocycles. The average molecular weight is 386 g/mol. The van der Waals surface area contributed by atoms with Crippen molar-refractivity contribution >= 4 is 34.3 Å². The van der Waals surface area contributed by atoms with E-state index in [2.05, 4.69) is 4.90 Å². The molecule has 2 amide bonds. The number of halogens is 1. The van der Waals surface area contributed by atoms with Crippen LogP contribution in [-0.2, 0) is 16.1 Å². The second kappa shape index (κ2) is 6.55. The monoisotopic (exact) mass is 385 g/mol. The number of aromatic nitrogens is 1. The molecule has 0 N–H and O–H groups in total. The topological polar surface area (TPSA) is 45.6 Å². The van der Waals surface area contributed by atoms with Crippen LogP contribution < -0.4 is 0 Å². The first-order valence-electron chi connectivity index (χ1n) is 9.90. The van der Waals surface area contributed by atoms with Gasteiger partial charge in [0.2, 0.25) is 11.8 Å². The molecule has 4 heterocycles. The van der Waals surface area contributed by atoms with Gasteiger partial charge in [-0.2, -0.15) is 0 Å². The molecular weight excluding hydrogens is 362 g/mol. The van der Waals surface area contributed by atoms with Crippen molar-refractivity contribution in [2.24, 2.45) is 11.8 Å². The lowest BCUT2D eigenvalue weighted by molar-refractivity contribution is -0.148. The molecule has 0 radical (unpaired) electrons. The summed E-state index contributed by atoms with van der Waals surface area (Å²) >= 11 is 6.13. The summed E-state index contributed by atoms with van der Waals surface area (Å²) < 4.78 is 1.99. The summed E-state index contributed by atoms with van der Waals surface area (Å²) in [5, 5.41) is 1.78. The number of nitrogens with zero attached hydrogens (tertiary/aromatic N) is 3. The summed E-state index contributed by atoms with van der Waals surface area (Å²) in [6.07, 6.45) is 5.89. The van der Waals surface area contributed by atoms with Crippen molar-refractivity contribution in [3.8, 4) is 0 Å². The number of carbonyl (C=O) groups is 2. The highest BCUT2D eigenvalue weighted by Gasteiger charge is 2.44. The first kappa shape index (κ1) is 17.1. The molecule has 5 nitrogen and oxygen atoms in total. The zero-order valence-corrected chi connectivity index (χ0v) is 16.1. The van der Waals surface area contributed by atoms with E-state index in [0.717, 1.165) is 49.8 Å². The molecule has 3 aliphatic rings. The number of carbonyl (C=O) groups excluding carboxylic acids is 2. The van der Waals surface area contributed by atoms with Gasteiger partial charge in [-0.25, -0.2) is 0 Å². The van der Waals surface area contributed by atoms with Crippen LogP contribution in [0, 0.1) is 11.8 Å². The van der Waals surface area contributed by atoms with E-state index in [-0.39, 0.29) is 5.91 Å². The number of fused-ring (bicyclic) bond motifs is 5. The summed E-state index contributed by atoms with van der Waals surface area (Å²) in [7, 11) is 0. The molecule has 27 heavy (non-hydrogen) atoms. The molecule has 3 saturated heterocycles. The Bertz CT molecular complexity index is 908. The van der Waals surface area contributed by atoms with Gasteiger partial charge in [-0.3, -0.25) is 9.59 Å². The number of hydrogen-bond acceptors (Lipinski definition) is 2. The standard InChI is InChI=1S/C21H24ClN3O2/c22-17-5-4-15-6-7-23(19(15)9-17)13-21(27)24-10-14-8-16(12-24)18-2-1-3-20(26)25(18)11-14/h4-7,9,14,16,18H,1-3,8,10-13H2. The summed E-state index contributed by atoms with van der Waals surface area (Å²) in [5.74, 6) is 1.33. The Morgan fingerprint density at radius 2 is 2.07 bits per heavy atom. The molecule has 3 unspecified atom stereocenters. The molecule has 3 fully saturated rings. The largest absolute Gasteiger partial charge is 0.340 e. The Kier molecular flexibility index (Phi) is 4.15. The molecule has 0 spiro atoms. The maximum absolute atomic E-state index is 13.0. The van der Waals surface area contributed by atoms with Crippen LogP contribution in [0.4, 0.5) is 0 Å². The molecular formula is C21H24ClN3O2. The Balaban J connectivity index is 1.33. The van der Waals surface area contributed by atoms with Gasteiger partial charge in [0, 0.05) is 48.8 Å². The van der Waals surface area contributed by atoms with E-state index in [1.54, 1.807) is 0 Å². The van der Waals surface area contributed by atoms with Crippen LogP contribution in [-0.4, -0.2) is 51.9 Å². The van der Waals surface area contributed by atoms with E-state index < -0.39 is 0 Å². The Hall–Kier alpha value is -2.01. The molecule has 5 rings (SSSR count). The number of hydrogen-bond donors (Lipinski definition) is 0. The molecule has 2 bridgehead atoms. The molecule has 3 aliphatic heterocycles. The number of benzene rings is 1. The molecule has 142 valence electrons. The van der Waals surface area contributed by atoms with Crippen LogP contribution in [0.1, 0.15) is 25.7 Å². The van der Waals surface area contributed by atoms with Gasteiger partial charge < -0.3 is 14.4 Å². The lowest BCUT2D eigenvalue weighted by atomic mass is 9.76. The third-order valence-electron chi connectivity index (χ3n) is 6.57. The highest BCUT2D eigenvalue weighted by atomic mass is 35.5. The maximum atomic E-state index is 13.0. The predicted octanol–water partition coefficient (Wildman–Crippen LogP) is 3.15. The Morgan fingerprint density at radius 3 is 2.96 bits per heavy atom. The summed E-state index contributed by atoms with van der Waals surface area (Å²) in [6, 6.07) is 8.14. The zero-order valence-electron chi connectivity index (χ0n) is 15.3. The lowest BCUT2D eigenvalue weighted by Crippen LogP contribution is -2.61. The maximum Gasteiger partial charge on any atom is 0.242 e. The first-order chi connectivity index (χ1) is 13.1. The highest BCUT2D eigenvalue weighted by Crippen LogP contribution is 2.38. The van der Waals surface area contributed by atoms with Gasteiger partial charge >= 0.3 is 0 Å². The van der Waals surface area contributed by atoms with E-state index in [4.69, 9.17) is 11.6 Å². The second-order valence-corrected chi connectivity index (χ2v) is 8.75. The average Bonchev–Trinajstić information content (AvgIpc) is 3.04. The normalized spacial score (nSPS) is 27.7. The van der Waals surface area contributed by atoms with E-state index in [1.165, 1.54) is 0 Å². The summed E-state index contributed by atoms with van der Waals surface area (Å²) in [4.78, 5) is 29.5.